The molecule has 0 unspecified atom stereocenters. The molecule has 0 saturated heterocycles. The molecule has 2 N–H and O–H groups in total. The molecule has 1 heterocycles. The topological polar surface area (TPSA) is 73.8 Å². The molecule has 0 aliphatic carbocycles. The van der Waals surface area contributed by atoms with Gasteiger partial charge in [0, 0.05) is 21.3 Å². The van der Waals surface area contributed by atoms with Gasteiger partial charge in [-0.2, -0.15) is 0 Å². The quantitative estimate of drug-likeness (QED) is 0.659. The fourth-order valence-electron chi connectivity index (χ4n) is 2.17. The Morgan fingerprint density at radius 2 is 1.60 bits per heavy atom. The maximum atomic E-state index is 11.4. The molecule has 0 saturated carbocycles. The second kappa shape index (κ2) is 7.47. The van der Waals surface area contributed by atoms with Gasteiger partial charge in [-0.15, -0.1) is 10.2 Å². The lowest BCUT2D eigenvalue weighted by molar-refractivity contribution is -0.117. The number of carbonyl (C=O) groups excluding carboxylic acids is 1. The summed E-state index contributed by atoms with van der Waals surface area (Å²) < 4.78 is 1.86. The van der Waals surface area contributed by atoms with Crippen molar-refractivity contribution in [1.29, 1.82) is 0 Å². The molecule has 2 aromatic carbocycles. The van der Waals surface area contributed by atoms with E-state index in [9.17, 15) is 4.79 Å². The molecule has 25 heavy (non-hydrogen) atoms. The largest absolute Gasteiger partial charge is 0.369 e. The summed E-state index contributed by atoms with van der Waals surface area (Å²) in [7, 11) is 0. The van der Waals surface area contributed by atoms with Crippen molar-refractivity contribution in [3.63, 3.8) is 0 Å². The van der Waals surface area contributed by atoms with Crippen molar-refractivity contribution in [3.8, 4) is 17.1 Å². The molecule has 3 aromatic rings. The number of hydrogen-bond donors (Lipinski definition) is 1. The summed E-state index contributed by atoms with van der Waals surface area (Å²) in [5.74, 6) is 0.224. The van der Waals surface area contributed by atoms with Crippen molar-refractivity contribution in [1.82, 2.24) is 14.8 Å². The van der Waals surface area contributed by atoms with Crippen LogP contribution in [0.5, 0.6) is 0 Å². The van der Waals surface area contributed by atoms with Gasteiger partial charge in [-0.3, -0.25) is 9.36 Å². The van der Waals surface area contributed by atoms with Crippen LogP contribution in [0.25, 0.3) is 17.1 Å². The Balaban J connectivity index is 2.12. The zero-order chi connectivity index (χ0) is 18.0. The van der Waals surface area contributed by atoms with Crippen molar-refractivity contribution < 1.29 is 4.79 Å². The Morgan fingerprint density at radius 3 is 2.16 bits per heavy atom. The van der Waals surface area contributed by atoms with Gasteiger partial charge in [-0.25, -0.2) is 0 Å². The molecule has 5 nitrogen and oxygen atoms in total. The van der Waals surface area contributed by atoms with Gasteiger partial charge in [-0.05, 0) is 55.5 Å². The lowest BCUT2D eigenvalue weighted by Gasteiger charge is -2.12. The number of aromatic nitrogens is 3. The molecule has 1 atom stereocenters. The summed E-state index contributed by atoms with van der Waals surface area (Å²) in [6.07, 6.45) is 0. The molecular weight excluding hydrogens is 379 g/mol. The van der Waals surface area contributed by atoms with Crippen LogP contribution in [-0.2, 0) is 4.79 Å². The number of nitrogens with zero attached hydrogens (tertiary/aromatic N) is 3. The van der Waals surface area contributed by atoms with Crippen LogP contribution in [0.3, 0.4) is 0 Å². The first-order valence-electron chi connectivity index (χ1n) is 7.39. The van der Waals surface area contributed by atoms with E-state index in [2.05, 4.69) is 10.2 Å². The van der Waals surface area contributed by atoms with Crippen LogP contribution in [0.4, 0.5) is 0 Å². The van der Waals surface area contributed by atoms with Crippen molar-refractivity contribution in [2.24, 2.45) is 5.73 Å². The maximum absolute atomic E-state index is 11.4. The van der Waals surface area contributed by atoms with Crippen LogP contribution in [0.2, 0.25) is 10.0 Å². The predicted octanol–water partition coefficient (Wildman–Crippen LogP) is 4.21. The molecule has 0 spiro atoms. The van der Waals surface area contributed by atoms with Crippen molar-refractivity contribution in [2.45, 2.75) is 17.3 Å². The van der Waals surface area contributed by atoms with E-state index in [0.717, 1.165) is 11.3 Å². The third-order valence-electron chi connectivity index (χ3n) is 3.50. The lowest BCUT2D eigenvalue weighted by atomic mass is 10.2. The van der Waals surface area contributed by atoms with Crippen molar-refractivity contribution >= 4 is 40.9 Å². The maximum Gasteiger partial charge on any atom is 0.230 e. The fourth-order valence-corrected chi connectivity index (χ4v) is 3.24. The molecule has 0 radical (unpaired) electrons. The minimum atomic E-state index is -0.437. The number of thioether (sulfide) groups is 1. The SMILES string of the molecule is C[C@@H](Sc1nnc(-c2ccc(Cl)cc2)n1-c1ccc(Cl)cc1)C(N)=O. The van der Waals surface area contributed by atoms with E-state index in [1.54, 1.807) is 31.2 Å². The minimum absolute atomic E-state index is 0.413. The van der Waals surface area contributed by atoms with E-state index in [0.29, 0.717) is 21.0 Å². The van der Waals surface area contributed by atoms with E-state index in [1.807, 2.05) is 28.8 Å². The molecule has 3 rings (SSSR count). The number of hydrogen-bond acceptors (Lipinski definition) is 4. The predicted molar refractivity (Wildman–Crippen MR) is 101 cm³/mol. The Bertz CT molecular complexity index is 894. The van der Waals surface area contributed by atoms with E-state index in [4.69, 9.17) is 28.9 Å². The Labute approximate surface area is 159 Å². The molecular formula is C17H14Cl2N4OS. The zero-order valence-corrected chi connectivity index (χ0v) is 15.5. The Kier molecular flexibility index (Phi) is 5.32. The third-order valence-corrected chi connectivity index (χ3v) is 5.07. The van der Waals surface area contributed by atoms with Crippen LogP contribution >= 0.6 is 35.0 Å². The minimum Gasteiger partial charge on any atom is -0.369 e. The van der Waals surface area contributed by atoms with Gasteiger partial charge in [0.1, 0.15) is 0 Å². The number of rotatable bonds is 5. The Morgan fingerprint density at radius 1 is 1.04 bits per heavy atom. The summed E-state index contributed by atoms with van der Waals surface area (Å²) in [4.78, 5) is 11.4. The standard InChI is InChI=1S/C17H14Cl2N4OS/c1-10(15(20)24)25-17-22-21-16(11-2-4-12(18)5-3-11)23(17)14-8-6-13(19)7-9-14/h2-10H,1H3,(H2,20,24)/t10-/m1/s1. The average molecular weight is 393 g/mol. The Hall–Kier alpha value is -2.02. The second-order valence-electron chi connectivity index (χ2n) is 5.29. The first kappa shape index (κ1) is 17.8. The molecule has 1 amide bonds. The first-order chi connectivity index (χ1) is 12.0. The number of nitrogens with two attached hydrogens (primary N) is 1. The molecule has 8 heteroatoms. The summed E-state index contributed by atoms with van der Waals surface area (Å²) >= 11 is 13.2. The molecule has 0 aliphatic rings. The molecule has 0 bridgehead atoms. The number of halogens is 2. The van der Waals surface area contributed by atoms with Crippen molar-refractivity contribution in [3.05, 3.63) is 58.6 Å². The highest BCUT2D eigenvalue weighted by Gasteiger charge is 2.20. The van der Waals surface area contributed by atoms with Crippen LogP contribution in [0.1, 0.15) is 6.92 Å². The van der Waals surface area contributed by atoms with E-state index >= 15 is 0 Å². The highest BCUT2D eigenvalue weighted by atomic mass is 35.5. The highest BCUT2D eigenvalue weighted by Crippen LogP contribution is 2.31. The van der Waals surface area contributed by atoms with Crippen LogP contribution in [0.15, 0.2) is 53.7 Å². The van der Waals surface area contributed by atoms with Gasteiger partial charge < -0.3 is 5.73 Å². The fraction of sp³-hybridized carbons (Fsp3) is 0.118. The van der Waals surface area contributed by atoms with Gasteiger partial charge >= 0.3 is 0 Å². The molecule has 128 valence electrons. The van der Waals surface area contributed by atoms with Gasteiger partial charge in [0.2, 0.25) is 5.91 Å². The van der Waals surface area contributed by atoms with Gasteiger partial charge in [0.05, 0.1) is 5.25 Å². The van der Waals surface area contributed by atoms with Crippen molar-refractivity contribution in [2.75, 3.05) is 0 Å². The molecule has 0 fully saturated rings. The van der Waals surface area contributed by atoms with E-state index in [-0.39, 0.29) is 0 Å². The summed E-state index contributed by atoms with van der Waals surface area (Å²) in [6.45, 7) is 1.73. The van der Waals surface area contributed by atoms with Crippen LogP contribution < -0.4 is 5.73 Å². The second-order valence-corrected chi connectivity index (χ2v) is 7.47. The number of primary amides is 1. The first-order valence-corrected chi connectivity index (χ1v) is 9.02. The van der Waals surface area contributed by atoms with Crippen LogP contribution in [0, 0.1) is 0 Å². The van der Waals surface area contributed by atoms with Crippen LogP contribution in [-0.4, -0.2) is 25.9 Å². The molecule has 1 aromatic heterocycles. The monoisotopic (exact) mass is 392 g/mol. The summed E-state index contributed by atoms with van der Waals surface area (Å²) in [5, 5.41) is 9.93. The lowest BCUT2D eigenvalue weighted by Crippen LogP contribution is -2.23. The van der Waals surface area contributed by atoms with Gasteiger partial charge in [-0.1, -0.05) is 35.0 Å². The smallest absolute Gasteiger partial charge is 0.230 e. The highest BCUT2D eigenvalue weighted by molar-refractivity contribution is 8.00. The molecule has 0 aliphatic heterocycles. The van der Waals surface area contributed by atoms with E-state index < -0.39 is 11.2 Å². The number of amides is 1. The zero-order valence-electron chi connectivity index (χ0n) is 13.2. The number of benzene rings is 2. The third kappa shape index (κ3) is 3.98. The average Bonchev–Trinajstić information content (AvgIpc) is 2.99. The van der Waals surface area contributed by atoms with E-state index in [1.165, 1.54) is 11.8 Å². The summed E-state index contributed by atoms with van der Waals surface area (Å²) in [6, 6.07) is 14.6. The van der Waals surface area contributed by atoms with Gasteiger partial charge in [0.15, 0.2) is 11.0 Å². The summed E-state index contributed by atoms with van der Waals surface area (Å²) in [5.41, 5.74) is 7.06. The van der Waals surface area contributed by atoms with Gasteiger partial charge in [0.25, 0.3) is 0 Å². The number of carbonyl (C=O) groups is 1. The normalized spacial score (nSPS) is 12.1.